The molecule has 94 valence electrons. The molecule has 5 heteroatoms. The summed E-state index contributed by atoms with van der Waals surface area (Å²) in [6.45, 7) is 3.37. The molecule has 0 radical (unpaired) electrons. The second-order valence-electron chi connectivity index (χ2n) is 4.20. The highest BCUT2D eigenvalue weighted by Gasteiger charge is 2.22. The fraction of sp³-hybridized carbons (Fsp3) is 0.909. The molecule has 0 aromatic carbocycles. The molecular weight excluding hydrogens is 208 g/mol. The third-order valence-electron chi connectivity index (χ3n) is 2.89. The zero-order valence-corrected chi connectivity index (χ0v) is 9.95. The van der Waals surface area contributed by atoms with Gasteiger partial charge in [-0.1, -0.05) is 0 Å². The zero-order chi connectivity index (χ0) is 11.8. The van der Waals surface area contributed by atoms with E-state index >= 15 is 0 Å². The number of nitrogens with one attached hydrogen (secondary N) is 1. The summed E-state index contributed by atoms with van der Waals surface area (Å²) in [4.78, 5) is 13.6. The first kappa shape index (κ1) is 13.4. The smallest absolute Gasteiger partial charge is 0.236 e. The number of carbonyl (C=O) groups is 1. The number of ether oxygens (including phenoxy) is 1. The lowest BCUT2D eigenvalue weighted by Crippen LogP contribution is -2.45. The van der Waals surface area contributed by atoms with Crippen LogP contribution in [-0.4, -0.2) is 62.4 Å². The second-order valence-corrected chi connectivity index (χ2v) is 4.20. The van der Waals surface area contributed by atoms with E-state index in [4.69, 9.17) is 9.84 Å². The highest BCUT2D eigenvalue weighted by molar-refractivity contribution is 5.78. The third-order valence-corrected chi connectivity index (χ3v) is 2.89. The highest BCUT2D eigenvalue weighted by Crippen LogP contribution is 2.15. The van der Waals surface area contributed by atoms with Crippen LogP contribution in [0.1, 0.15) is 12.8 Å². The number of likely N-dealkylation sites (tertiary alicyclic amines) is 1. The van der Waals surface area contributed by atoms with Crippen molar-refractivity contribution in [1.82, 2.24) is 10.2 Å². The molecule has 0 aromatic heterocycles. The second kappa shape index (κ2) is 7.60. The van der Waals surface area contributed by atoms with E-state index in [-0.39, 0.29) is 18.4 Å². The lowest BCUT2D eigenvalue weighted by molar-refractivity contribution is -0.132. The number of hydrogen-bond acceptors (Lipinski definition) is 4. The summed E-state index contributed by atoms with van der Waals surface area (Å²) in [5.74, 6) is 0.380. The van der Waals surface area contributed by atoms with E-state index in [9.17, 15) is 4.79 Å². The normalized spacial score (nSPS) is 21.1. The number of aliphatic hydroxyl groups is 1. The summed E-state index contributed by atoms with van der Waals surface area (Å²) < 4.78 is 4.88. The van der Waals surface area contributed by atoms with Crippen LogP contribution in [0, 0.1) is 5.92 Å². The Morgan fingerprint density at radius 3 is 3.12 bits per heavy atom. The standard InChI is InChI=1S/C11H22N2O3/c1-16-6-4-12-7-11(15)13-5-2-3-10(8-13)9-14/h10,12,14H,2-9H2,1H3. The topological polar surface area (TPSA) is 61.8 Å². The van der Waals surface area contributed by atoms with Crippen LogP contribution in [-0.2, 0) is 9.53 Å². The number of hydrogen-bond donors (Lipinski definition) is 2. The van der Waals surface area contributed by atoms with E-state index in [1.54, 1.807) is 7.11 Å². The maximum Gasteiger partial charge on any atom is 0.236 e. The zero-order valence-electron chi connectivity index (χ0n) is 9.95. The number of rotatable bonds is 6. The van der Waals surface area contributed by atoms with Crippen molar-refractivity contribution in [3.05, 3.63) is 0 Å². The Kier molecular flexibility index (Phi) is 6.37. The van der Waals surface area contributed by atoms with E-state index in [0.717, 1.165) is 19.4 Å². The molecule has 1 atom stereocenters. The highest BCUT2D eigenvalue weighted by atomic mass is 16.5. The summed E-state index contributed by atoms with van der Waals surface area (Å²) >= 11 is 0. The number of aliphatic hydroxyl groups excluding tert-OH is 1. The van der Waals surface area contributed by atoms with Crippen LogP contribution < -0.4 is 5.32 Å². The Labute approximate surface area is 96.8 Å². The molecule has 5 nitrogen and oxygen atoms in total. The quantitative estimate of drug-likeness (QED) is 0.601. The summed E-state index contributed by atoms with van der Waals surface area (Å²) in [6.07, 6.45) is 2.02. The Hall–Kier alpha value is -0.650. The van der Waals surface area contributed by atoms with Gasteiger partial charge >= 0.3 is 0 Å². The molecule has 1 unspecified atom stereocenters. The minimum Gasteiger partial charge on any atom is -0.396 e. The fourth-order valence-electron chi connectivity index (χ4n) is 1.92. The van der Waals surface area contributed by atoms with Crippen LogP contribution in [0.4, 0.5) is 0 Å². The summed E-state index contributed by atoms with van der Waals surface area (Å²) in [6, 6.07) is 0. The lowest BCUT2D eigenvalue weighted by atomic mass is 9.99. The molecule has 1 aliphatic rings. The van der Waals surface area contributed by atoms with Crippen LogP contribution in [0.25, 0.3) is 0 Å². The van der Waals surface area contributed by atoms with Gasteiger partial charge in [0.05, 0.1) is 13.2 Å². The Balaban J connectivity index is 2.19. The van der Waals surface area contributed by atoms with Gasteiger partial charge in [0.1, 0.15) is 0 Å². The molecule has 0 spiro atoms. The molecule has 1 heterocycles. The molecule has 0 bridgehead atoms. The first-order chi connectivity index (χ1) is 7.77. The van der Waals surface area contributed by atoms with Crippen LogP contribution in [0.2, 0.25) is 0 Å². The lowest BCUT2D eigenvalue weighted by Gasteiger charge is -2.31. The minimum absolute atomic E-state index is 0.120. The maximum atomic E-state index is 11.8. The minimum atomic E-state index is 0.120. The first-order valence-corrected chi connectivity index (χ1v) is 5.86. The van der Waals surface area contributed by atoms with E-state index in [2.05, 4.69) is 5.32 Å². The van der Waals surface area contributed by atoms with Crippen LogP contribution >= 0.6 is 0 Å². The van der Waals surface area contributed by atoms with Gasteiger partial charge in [-0.25, -0.2) is 0 Å². The Bertz CT molecular complexity index is 211. The molecule has 1 rings (SSSR count). The molecule has 1 fully saturated rings. The number of carbonyl (C=O) groups excluding carboxylic acids is 1. The van der Waals surface area contributed by atoms with Crippen molar-refractivity contribution < 1.29 is 14.6 Å². The Morgan fingerprint density at radius 2 is 2.44 bits per heavy atom. The number of nitrogens with zero attached hydrogens (tertiary/aromatic N) is 1. The summed E-state index contributed by atoms with van der Waals surface area (Å²) in [7, 11) is 1.64. The monoisotopic (exact) mass is 230 g/mol. The third kappa shape index (κ3) is 4.47. The number of methoxy groups -OCH3 is 1. The van der Waals surface area contributed by atoms with E-state index in [1.807, 2.05) is 4.90 Å². The van der Waals surface area contributed by atoms with Crippen LogP contribution in [0.15, 0.2) is 0 Å². The molecule has 1 saturated heterocycles. The molecule has 1 amide bonds. The van der Waals surface area contributed by atoms with Crippen molar-refractivity contribution in [3.63, 3.8) is 0 Å². The molecule has 16 heavy (non-hydrogen) atoms. The average Bonchev–Trinajstić information content (AvgIpc) is 2.34. The maximum absolute atomic E-state index is 11.8. The van der Waals surface area contributed by atoms with Crippen LogP contribution in [0.3, 0.4) is 0 Å². The number of amides is 1. The van der Waals surface area contributed by atoms with E-state index in [1.165, 1.54) is 0 Å². The summed E-state index contributed by atoms with van der Waals surface area (Å²) in [5, 5.41) is 12.1. The predicted octanol–water partition coefficient (Wildman–Crippen LogP) is -0.547. The van der Waals surface area contributed by atoms with Gasteiger partial charge in [-0.2, -0.15) is 0 Å². The van der Waals surface area contributed by atoms with Gasteiger partial charge in [-0.05, 0) is 18.8 Å². The van der Waals surface area contributed by atoms with E-state index < -0.39 is 0 Å². The van der Waals surface area contributed by atoms with Gasteiger partial charge in [-0.15, -0.1) is 0 Å². The van der Waals surface area contributed by atoms with Crippen molar-refractivity contribution in [1.29, 1.82) is 0 Å². The SMILES string of the molecule is COCCNCC(=O)N1CCCC(CO)C1. The van der Waals surface area contributed by atoms with Crippen molar-refractivity contribution in [2.75, 3.05) is 46.5 Å². The van der Waals surface area contributed by atoms with Gasteiger partial charge in [0.25, 0.3) is 0 Å². The van der Waals surface area contributed by atoms with Crippen molar-refractivity contribution in [3.8, 4) is 0 Å². The van der Waals surface area contributed by atoms with Gasteiger partial charge in [-0.3, -0.25) is 4.79 Å². The van der Waals surface area contributed by atoms with Gasteiger partial charge < -0.3 is 20.1 Å². The van der Waals surface area contributed by atoms with Crippen molar-refractivity contribution in [2.24, 2.45) is 5.92 Å². The van der Waals surface area contributed by atoms with Crippen molar-refractivity contribution in [2.45, 2.75) is 12.8 Å². The van der Waals surface area contributed by atoms with Gasteiger partial charge in [0.2, 0.25) is 5.91 Å². The fourth-order valence-corrected chi connectivity index (χ4v) is 1.92. The number of piperidine rings is 1. The largest absolute Gasteiger partial charge is 0.396 e. The molecule has 0 saturated carbocycles. The average molecular weight is 230 g/mol. The van der Waals surface area contributed by atoms with Crippen LogP contribution in [0.5, 0.6) is 0 Å². The molecule has 1 aliphatic heterocycles. The summed E-state index contributed by atoms with van der Waals surface area (Å²) in [5.41, 5.74) is 0. The predicted molar refractivity (Wildman–Crippen MR) is 61.1 cm³/mol. The molecule has 0 aliphatic carbocycles. The Morgan fingerprint density at radius 1 is 1.62 bits per heavy atom. The van der Waals surface area contributed by atoms with E-state index in [0.29, 0.717) is 26.2 Å². The van der Waals surface area contributed by atoms with Gasteiger partial charge in [0, 0.05) is 33.4 Å². The first-order valence-electron chi connectivity index (χ1n) is 5.86. The molecule has 0 aromatic rings. The molecular formula is C11H22N2O3. The van der Waals surface area contributed by atoms with Gasteiger partial charge in [0.15, 0.2) is 0 Å². The molecule has 2 N–H and O–H groups in total. The van der Waals surface area contributed by atoms with Crippen molar-refractivity contribution >= 4 is 5.91 Å².